The molecule has 1 unspecified atom stereocenters. The molecular weight excluding hydrogens is 291 g/mol. The zero-order valence-corrected chi connectivity index (χ0v) is 12.6. The summed E-state index contributed by atoms with van der Waals surface area (Å²) in [5.74, 6) is -0.321. The maximum Gasteiger partial charge on any atom is 0.240 e. The lowest BCUT2D eigenvalue weighted by Crippen LogP contribution is -2.19. The molecule has 0 bridgehead atoms. The van der Waals surface area contributed by atoms with E-state index < -0.39 is 10.0 Å². The summed E-state index contributed by atoms with van der Waals surface area (Å²) in [6.45, 7) is 1.88. The van der Waals surface area contributed by atoms with Gasteiger partial charge in [-0.15, -0.1) is 0 Å². The van der Waals surface area contributed by atoms with Crippen molar-refractivity contribution in [3.05, 3.63) is 59.9 Å². The highest BCUT2D eigenvalue weighted by Gasteiger charge is 2.13. The summed E-state index contributed by atoms with van der Waals surface area (Å²) in [7, 11) is -2.10. The topological polar surface area (TPSA) is 58.2 Å². The second kappa shape index (κ2) is 6.24. The number of sulfonamides is 1. The maximum absolute atomic E-state index is 13.2. The van der Waals surface area contributed by atoms with Gasteiger partial charge in [-0.2, -0.15) is 0 Å². The molecule has 0 aliphatic rings. The molecule has 0 spiro atoms. The van der Waals surface area contributed by atoms with E-state index in [0.29, 0.717) is 5.69 Å². The predicted octanol–water partition coefficient (Wildman–Crippen LogP) is 2.91. The van der Waals surface area contributed by atoms with E-state index in [1.807, 2.05) is 13.0 Å². The lowest BCUT2D eigenvalue weighted by atomic mass is 10.1. The van der Waals surface area contributed by atoms with Gasteiger partial charge in [0.25, 0.3) is 0 Å². The van der Waals surface area contributed by atoms with Crippen molar-refractivity contribution in [2.24, 2.45) is 0 Å². The van der Waals surface area contributed by atoms with Crippen molar-refractivity contribution in [3.8, 4) is 0 Å². The van der Waals surface area contributed by atoms with Crippen LogP contribution in [0.1, 0.15) is 18.5 Å². The Bertz CT molecular complexity index is 732. The fourth-order valence-corrected chi connectivity index (χ4v) is 2.77. The Hall–Kier alpha value is -1.92. The molecule has 0 aliphatic carbocycles. The number of hydrogen-bond acceptors (Lipinski definition) is 3. The van der Waals surface area contributed by atoms with Crippen molar-refractivity contribution in [1.29, 1.82) is 0 Å². The maximum atomic E-state index is 13.2. The van der Waals surface area contributed by atoms with Gasteiger partial charge in [0.2, 0.25) is 10.0 Å². The first-order chi connectivity index (χ1) is 9.92. The minimum Gasteiger partial charge on any atom is -0.378 e. The molecular formula is C15H17FN2O2S. The van der Waals surface area contributed by atoms with E-state index in [1.54, 1.807) is 24.3 Å². The van der Waals surface area contributed by atoms with Gasteiger partial charge in [-0.3, -0.25) is 0 Å². The number of halogens is 1. The predicted molar refractivity (Wildman–Crippen MR) is 81.1 cm³/mol. The molecule has 0 amide bonds. The molecule has 2 N–H and O–H groups in total. The summed E-state index contributed by atoms with van der Waals surface area (Å²) in [5.41, 5.74) is 1.44. The van der Waals surface area contributed by atoms with Gasteiger partial charge in [0, 0.05) is 11.7 Å². The Morgan fingerprint density at radius 1 is 1.10 bits per heavy atom. The second-order valence-corrected chi connectivity index (χ2v) is 6.54. The first-order valence-electron chi connectivity index (χ1n) is 6.48. The van der Waals surface area contributed by atoms with Crippen LogP contribution in [0.25, 0.3) is 0 Å². The van der Waals surface area contributed by atoms with Crippen molar-refractivity contribution in [3.63, 3.8) is 0 Å². The van der Waals surface area contributed by atoms with Crippen LogP contribution in [0, 0.1) is 5.82 Å². The second-order valence-electron chi connectivity index (χ2n) is 4.66. The summed E-state index contributed by atoms with van der Waals surface area (Å²) in [6.07, 6.45) is 0. The van der Waals surface area contributed by atoms with Gasteiger partial charge in [-0.1, -0.05) is 18.2 Å². The van der Waals surface area contributed by atoms with Gasteiger partial charge in [0.05, 0.1) is 4.90 Å². The normalized spacial score (nSPS) is 12.9. The SMILES string of the molecule is CNS(=O)(=O)c1cccc(C(C)Nc2cccc(F)c2)c1. The van der Waals surface area contributed by atoms with E-state index in [4.69, 9.17) is 0 Å². The minimum absolute atomic E-state index is 0.154. The number of hydrogen-bond donors (Lipinski definition) is 2. The Morgan fingerprint density at radius 3 is 2.48 bits per heavy atom. The molecule has 1 atom stereocenters. The number of anilines is 1. The average molecular weight is 308 g/mol. The molecule has 0 fully saturated rings. The van der Waals surface area contributed by atoms with Crippen LogP contribution >= 0.6 is 0 Å². The van der Waals surface area contributed by atoms with Crippen molar-refractivity contribution >= 4 is 15.7 Å². The third-order valence-corrected chi connectivity index (χ3v) is 4.56. The fraction of sp³-hybridized carbons (Fsp3) is 0.200. The summed E-state index contributed by atoms with van der Waals surface area (Å²) < 4.78 is 39.0. The van der Waals surface area contributed by atoms with Crippen LogP contribution in [-0.4, -0.2) is 15.5 Å². The molecule has 0 radical (unpaired) electrons. The summed E-state index contributed by atoms with van der Waals surface area (Å²) in [5, 5.41) is 3.14. The quantitative estimate of drug-likeness (QED) is 0.893. The molecule has 0 aromatic heterocycles. The standard InChI is InChI=1S/C15H17FN2O2S/c1-11(18-14-7-4-6-13(16)10-14)12-5-3-8-15(9-12)21(19,20)17-2/h3-11,17-18H,1-2H3. The summed E-state index contributed by atoms with van der Waals surface area (Å²) in [6, 6.07) is 12.6. The van der Waals surface area contributed by atoms with Crippen LogP contribution in [0.2, 0.25) is 0 Å². The molecule has 0 aliphatic heterocycles. The Morgan fingerprint density at radius 2 is 1.81 bits per heavy atom. The third-order valence-electron chi connectivity index (χ3n) is 3.14. The van der Waals surface area contributed by atoms with Crippen molar-refractivity contribution < 1.29 is 12.8 Å². The highest BCUT2D eigenvalue weighted by atomic mass is 32.2. The van der Waals surface area contributed by atoms with E-state index in [2.05, 4.69) is 10.0 Å². The van der Waals surface area contributed by atoms with Crippen molar-refractivity contribution in [2.75, 3.05) is 12.4 Å². The molecule has 0 saturated heterocycles. The zero-order valence-electron chi connectivity index (χ0n) is 11.8. The number of rotatable bonds is 5. The van der Waals surface area contributed by atoms with E-state index in [0.717, 1.165) is 5.56 Å². The Labute approximate surface area is 124 Å². The van der Waals surface area contributed by atoms with Crippen molar-refractivity contribution in [2.45, 2.75) is 17.9 Å². The summed E-state index contributed by atoms with van der Waals surface area (Å²) in [4.78, 5) is 0.204. The fourth-order valence-electron chi connectivity index (χ4n) is 1.98. The van der Waals surface area contributed by atoms with Gasteiger partial charge in [0.1, 0.15) is 5.82 Å². The first-order valence-corrected chi connectivity index (χ1v) is 7.96. The van der Waals surface area contributed by atoms with Gasteiger partial charge >= 0.3 is 0 Å². The van der Waals surface area contributed by atoms with Gasteiger partial charge in [0.15, 0.2) is 0 Å². The van der Waals surface area contributed by atoms with Crippen LogP contribution in [-0.2, 0) is 10.0 Å². The molecule has 0 saturated carbocycles. The first kappa shape index (κ1) is 15.5. The smallest absolute Gasteiger partial charge is 0.240 e. The van der Waals surface area contributed by atoms with Crippen LogP contribution in [0.4, 0.5) is 10.1 Å². The number of nitrogens with one attached hydrogen (secondary N) is 2. The highest BCUT2D eigenvalue weighted by Crippen LogP contribution is 2.22. The van der Waals surface area contributed by atoms with Crippen LogP contribution in [0.5, 0.6) is 0 Å². The molecule has 0 heterocycles. The summed E-state index contributed by atoms with van der Waals surface area (Å²) >= 11 is 0. The lowest BCUT2D eigenvalue weighted by molar-refractivity contribution is 0.588. The molecule has 2 aromatic carbocycles. The third kappa shape index (κ3) is 3.80. The zero-order chi connectivity index (χ0) is 15.5. The minimum atomic E-state index is -3.47. The largest absolute Gasteiger partial charge is 0.378 e. The molecule has 112 valence electrons. The average Bonchev–Trinajstić information content (AvgIpc) is 2.47. The monoisotopic (exact) mass is 308 g/mol. The van der Waals surface area contributed by atoms with Gasteiger partial charge in [-0.05, 0) is 49.9 Å². The number of benzene rings is 2. The van der Waals surface area contributed by atoms with Gasteiger partial charge in [-0.25, -0.2) is 17.5 Å². The lowest BCUT2D eigenvalue weighted by Gasteiger charge is -2.16. The van der Waals surface area contributed by atoms with Crippen LogP contribution in [0.3, 0.4) is 0 Å². The molecule has 2 aromatic rings. The molecule has 4 nitrogen and oxygen atoms in total. The van der Waals surface area contributed by atoms with E-state index >= 15 is 0 Å². The van der Waals surface area contributed by atoms with Crippen molar-refractivity contribution in [1.82, 2.24) is 4.72 Å². The molecule has 21 heavy (non-hydrogen) atoms. The highest BCUT2D eigenvalue weighted by molar-refractivity contribution is 7.89. The Balaban J connectivity index is 2.24. The Kier molecular flexibility index (Phi) is 4.59. The molecule has 6 heteroatoms. The van der Waals surface area contributed by atoms with Crippen LogP contribution < -0.4 is 10.0 Å². The van der Waals surface area contributed by atoms with Gasteiger partial charge < -0.3 is 5.32 Å². The molecule has 2 rings (SSSR count). The van der Waals surface area contributed by atoms with E-state index in [9.17, 15) is 12.8 Å². The van der Waals surface area contributed by atoms with E-state index in [-0.39, 0.29) is 16.8 Å². The van der Waals surface area contributed by atoms with E-state index in [1.165, 1.54) is 25.2 Å². The van der Waals surface area contributed by atoms with Crippen LogP contribution in [0.15, 0.2) is 53.4 Å².